The van der Waals surface area contributed by atoms with Crippen molar-refractivity contribution in [3.63, 3.8) is 0 Å². The van der Waals surface area contributed by atoms with Gasteiger partial charge in [0.2, 0.25) is 11.8 Å². The van der Waals surface area contributed by atoms with E-state index in [9.17, 15) is 4.79 Å². The fraction of sp³-hybridized carbons (Fsp3) is 0.727. The van der Waals surface area contributed by atoms with Crippen molar-refractivity contribution in [1.82, 2.24) is 15.5 Å². The van der Waals surface area contributed by atoms with Gasteiger partial charge in [-0.15, -0.1) is 10.2 Å². The summed E-state index contributed by atoms with van der Waals surface area (Å²) in [6, 6.07) is 0. The molecule has 1 aromatic heterocycles. The van der Waals surface area contributed by atoms with E-state index in [-0.39, 0.29) is 5.91 Å². The zero-order chi connectivity index (χ0) is 13.2. The van der Waals surface area contributed by atoms with E-state index in [1.54, 1.807) is 11.8 Å². The number of carbonyl (C=O) groups is 1. The minimum absolute atomic E-state index is 0.0146. The summed E-state index contributed by atoms with van der Waals surface area (Å²) in [5.41, 5.74) is 0. The highest BCUT2D eigenvalue weighted by Crippen LogP contribution is 2.17. The van der Waals surface area contributed by atoms with Crippen molar-refractivity contribution >= 4 is 29.4 Å². The van der Waals surface area contributed by atoms with E-state index >= 15 is 0 Å². The summed E-state index contributed by atoms with van der Waals surface area (Å²) in [5, 5.41) is 11.1. The molecule has 7 heteroatoms. The molecule has 1 amide bonds. The Balaban J connectivity index is 2.16. The minimum atomic E-state index is 0.0146. The van der Waals surface area contributed by atoms with E-state index in [0.29, 0.717) is 22.6 Å². The quantitative estimate of drug-likeness (QED) is 0.556. The molecule has 0 aliphatic carbocycles. The van der Waals surface area contributed by atoms with Crippen LogP contribution in [0.1, 0.15) is 32.1 Å². The summed E-state index contributed by atoms with van der Waals surface area (Å²) in [6.07, 6.45) is 5.31. The van der Waals surface area contributed by atoms with Gasteiger partial charge >= 0.3 is 0 Å². The molecule has 0 saturated heterocycles. The van der Waals surface area contributed by atoms with Gasteiger partial charge < -0.3 is 9.73 Å². The lowest BCUT2D eigenvalue weighted by Crippen LogP contribution is -2.26. The molecule has 0 bridgehead atoms. The number of unbranched alkanes of at least 4 members (excludes halogenated alkanes) is 2. The van der Waals surface area contributed by atoms with Crippen LogP contribution in [-0.2, 0) is 10.5 Å². The zero-order valence-electron chi connectivity index (χ0n) is 10.8. The van der Waals surface area contributed by atoms with Gasteiger partial charge in [0.05, 0.1) is 11.5 Å². The molecule has 1 rings (SSSR count). The van der Waals surface area contributed by atoms with Crippen LogP contribution in [0.3, 0.4) is 0 Å². The highest BCUT2D eigenvalue weighted by Gasteiger charge is 2.08. The van der Waals surface area contributed by atoms with Crippen molar-refractivity contribution < 1.29 is 9.21 Å². The van der Waals surface area contributed by atoms with E-state index in [0.717, 1.165) is 25.8 Å². The summed E-state index contributed by atoms with van der Waals surface area (Å²) in [6.45, 7) is 2.88. The van der Waals surface area contributed by atoms with Crippen molar-refractivity contribution in [2.75, 3.05) is 18.6 Å². The average Bonchev–Trinajstić information content (AvgIpc) is 2.80. The average molecular weight is 289 g/mol. The van der Waals surface area contributed by atoms with Crippen LogP contribution >= 0.6 is 23.5 Å². The van der Waals surface area contributed by atoms with E-state index < -0.39 is 0 Å². The highest BCUT2D eigenvalue weighted by atomic mass is 32.2. The molecule has 0 atom stereocenters. The van der Waals surface area contributed by atoms with Crippen molar-refractivity contribution in [2.24, 2.45) is 0 Å². The summed E-state index contributed by atoms with van der Waals surface area (Å²) in [4.78, 5) is 11.5. The van der Waals surface area contributed by atoms with E-state index in [2.05, 4.69) is 22.4 Å². The Kier molecular flexibility index (Phi) is 7.91. The Bertz CT molecular complexity index is 358. The first-order chi connectivity index (χ1) is 8.76. The van der Waals surface area contributed by atoms with Gasteiger partial charge in [-0.1, -0.05) is 31.5 Å². The molecule has 5 nitrogen and oxygen atoms in total. The molecule has 0 saturated carbocycles. The number of thioether (sulfide) groups is 2. The maximum atomic E-state index is 11.5. The van der Waals surface area contributed by atoms with Crippen LogP contribution in [0.4, 0.5) is 0 Å². The Labute approximate surface area is 116 Å². The fourth-order valence-corrected chi connectivity index (χ4v) is 2.23. The summed E-state index contributed by atoms with van der Waals surface area (Å²) < 4.78 is 5.36. The Morgan fingerprint density at radius 2 is 2.22 bits per heavy atom. The van der Waals surface area contributed by atoms with Gasteiger partial charge in [-0.3, -0.25) is 4.79 Å². The monoisotopic (exact) mass is 289 g/mol. The third-order valence-electron chi connectivity index (χ3n) is 2.15. The molecule has 0 aliphatic heterocycles. The van der Waals surface area contributed by atoms with Crippen LogP contribution in [0, 0.1) is 0 Å². The first-order valence-corrected chi connectivity index (χ1v) is 8.35. The van der Waals surface area contributed by atoms with E-state index in [1.165, 1.54) is 11.8 Å². The van der Waals surface area contributed by atoms with E-state index in [4.69, 9.17) is 4.42 Å². The van der Waals surface area contributed by atoms with Gasteiger partial charge in [0.15, 0.2) is 0 Å². The predicted molar refractivity (Wildman–Crippen MR) is 74.8 cm³/mol. The molecular weight excluding hydrogens is 270 g/mol. The standard InChI is InChI=1S/C11H19N3O2S2/c1-3-4-5-6-12-9(15)7-18-11-14-13-10(16-11)8-17-2/h3-8H2,1-2H3,(H,12,15). The smallest absolute Gasteiger partial charge is 0.277 e. The minimum Gasteiger partial charge on any atom is -0.415 e. The number of nitrogens with zero attached hydrogens (tertiary/aromatic N) is 2. The van der Waals surface area contributed by atoms with Gasteiger partial charge in [0.1, 0.15) is 0 Å². The Morgan fingerprint density at radius 1 is 1.39 bits per heavy atom. The van der Waals surface area contributed by atoms with Crippen molar-refractivity contribution in [2.45, 2.75) is 37.2 Å². The summed E-state index contributed by atoms with van der Waals surface area (Å²) in [5.74, 6) is 1.65. The first-order valence-electron chi connectivity index (χ1n) is 5.97. The molecule has 0 radical (unpaired) electrons. The summed E-state index contributed by atoms with van der Waals surface area (Å²) >= 11 is 2.90. The second-order valence-corrected chi connectivity index (χ2v) is 5.53. The van der Waals surface area contributed by atoms with Gasteiger partial charge in [0, 0.05) is 6.54 Å². The van der Waals surface area contributed by atoms with Crippen LogP contribution in [0.2, 0.25) is 0 Å². The lowest BCUT2D eigenvalue weighted by Gasteiger charge is -2.02. The SMILES string of the molecule is CCCCCNC(=O)CSc1nnc(CSC)o1. The first kappa shape index (κ1) is 15.4. The maximum Gasteiger partial charge on any atom is 0.277 e. The molecule has 0 spiro atoms. The second kappa shape index (κ2) is 9.27. The number of hydrogen-bond donors (Lipinski definition) is 1. The van der Waals surface area contributed by atoms with Crippen LogP contribution in [-0.4, -0.2) is 34.7 Å². The van der Waals surface area contributed by atoms with Crippen molar-refractivity contribution in [1.29, 1.82) is 0 Å². The Hall–Kier alpha value is -0.690. The van der Waals surface area contributed by atoms with Crippen molar-refractivity contribution in [3.05, 3.63) is 5.89 Å². The molecule has 0 aromatic carbocycles. The molecular formula is C11H19N3O2S2. The predicted octanol–water partition coefficient (Wildman–Crippen LogP) is 2.33. The molecule has 18 heavy (non-hydrogen) atoms. The topological polar surface area (TPSA) is 68.0 Å². The number of nitrogens with one attached hydrogen (secondary N) is 1. The van der Waals surface area contributed by atoms with Crippen LogP contribution in [0.15, 0.2) is 9.64 Å². The Morgan fingerprint density at radius 3 is 2.94 bits per heavy atom. The largest absolute Gasteiger partial charge is 0.415 e. The normalized spacial score (nSPS) is 10.6. The molecule has 0 unspecified atom stereocenters. The second-order valence-electron chi connectivity index (χ2n) is 3.74. The molecule has 1 heterocycles. The van der Waals surface area contributed by atoms with Gasteiger partial charge in [-0.2, -0.15) is 11.8 Å². The molecule has 1 aromatic rings. The van der Waals surface area contributed by atoms with Gasteiger partial charge in [-0.05, 0) is 12.7 Å². The lowest BCUT2D eigenvalue weighted by atomic mass is 10.2. The number of hydrogen-bond acceptors (Lipinski definition) is 6. The number of carbonyl (C=O) groups excluding carboxylic acids is 1. The number of aromatic nitrogens is 2. The zero-order valence-corrected chi connectivity index (χ0v) is 12.4. The fourth-order valence-electron chi connectivity index (χ4n) is 1.26. The van der Waals surface area contributed by atoms with Crippen LogP contribution in [0.5, 0.6) is 0 Å². The third kappa shape index (κ3) is 6.30. The molecule has 0 fully saturated rings. The van der Waals surface area contributed by atoms with Crippen LogP contribution in [0.25, 0.3) is 0 Å². The molecule has 102 valence electrons. The highest BCUT2D eigenvalue weighted by molar-refractivity contribution is 7.99. The van der Waals surface area contributed by atoms with Gasteiger partial charge in [-0.25, -0.2) is 0 Å². The van der Waals surface area contributed by atoms with Crippen LogP contribution < -0.4 is 5.32 Å². The van der Waals surface area contributed by atoms with E-state index in [1.807, 2.05) is 6.26 Å². The number of amides is 1. The molecule has 0 aliphatic rings. The molecule has 1 N–H and O–H groups in total. The summed E-state index contributed by atoms with van der Waals surface area (Å²) in [7, 11) is 0. The lowest BCUT2D eigenvalue weighted by molar-refractivity contribution is -0.118. The van der Waals surface area contributed by atoms with Gasteiger partial charge in [0.25, 0.3) is 5.22 Å². The maximum absolute atomic E-state index is 11.5. The third-order valence-corrected chi connectivity index (χ3v) is 3.50. The number of rotatable bonds is 9. The van der Waals surface area contributed by atoms with Crippen molar-refractivity contribution in [3.8, 4) is 0 Å².